The van der Waals surface area contributed by atoms with Gasteiger partial charge in [0, 0.05) is 233 Å². The Morgan fingerprint density at radius 2 is 0.779 bits per heavy atom. The van der Waals surface area contributed by atoms with E-state index in [-0.39, 0.29) is 18.9 Å². The molecule has 1 saturated carbocycles. The summed E-state index contributed by atoms with van der Waals surface area (Å²) in [7, 11) is 12.4. The number of aliphatic hydroxyl groups is 1. The molecule has 1 saturated heterocycles. The van der Waals surface area contributed by atoms with E-state index in [9.17, 15) is 8.42 Å². The van der Waals surface area contributed by atoms with E-state index in [1.807, 2.05) is 147 Å². The van der Waals surface area contributed by atoms with Crippen LogP contribution in [0.3, 0.4) is 0 Å². The number of para-hydroxylation sites is 1. The summed E-state index contributed by atoms with van der Waals surface area (Å²) in [6.07, 6.45) is 32.4. The van der Waals surface area contributed by atoms with E-state index in [1.54, 1.807) is 130 Å². The predicted molar refractivity (Wildman–Crippen MR) is 530 cm³/mol. The van der Waals surface area contributed by atoms with Crippen LogP contribution in [-0.4, -0.2) is 234 Å². The zero-order valence-electron chi connectivity index (χ0n) is 77.9. The molecule has 0 bridgehead atoms. The summed E-state index contributed by atoms with van der Waals surface area (Å²) in [5.74, 6) is 5.11. The number of hydrogen-bond acceptors (Lipinski definition) is 29. The van der Waals surface area contributed by atoms with E-state index >= 15 is 0 Å². The Bertz CT molecular complexity index is 6920. The SMILES string of the molecule is COc1cc(OC)cc(N(CCCN)c2ccc3ncc(-c4cnn(CCS(C)(=O)=O)c4)nc3c2)c1.COc1cc(OC)cc(N(CCN2CCC(OC)CC2)c2ccc3ncc(-c4cnn(C)c4)nc3c2)c1.COc1cc(OC)cc(N(CCn2cccn2)c2ccc3ncc(-c4cnn(C)c4)nc3c2)c1.OCCn1cc(-c2cnc3ccc(N(CC4CC4)c4ccccc4)cc3n2)cn1. The van der Waals surface area contributed by atoms with E-state index in [0.29, 0.717) is 56.0 Å². The summed E-state index contributed by atoms with van der Waals surface area (Å²) in [5.41, 5.74) is 27.1. The number of likely N-dealkylation sites (tertiary alicyclic amines) is 1. The first kappa shape index (κ1) is 94.2. The second kappa shape index (κ2) is 44.2. The third-order valence-corrected chi connectivity index (χ3v) is 24.5. The highest BCUT2D eigenvalue weighted by atomic mass is 32.2. The molecule has 1 aliphatic carbocycles. The smallest absolute Gasteiger partial charge is 0.149 e. The van der Waals surface area contributed by atoms with Gasteiger partial charge in [-0.05, 0) is 136 Å². The fourth-order valence-electron chi connectivity index (χ4n) is 16.0. The Hall–Kier alpha value is -15.0. The van der Waals surface area contributed by atoms with Crippen molar-refractivity contribution in [2.24, 2.45) is 25.7 Å². The van der Waals surface area contributed by atoms with Crippen molar-refractivity contribution in [3.63, 3.8) is 0 Å². The highest BCUT2D eigenvalue weighted by Crippen LogP contribution is 2.41. The molecule has 136 heavy (non-hydrogen) atoms. The second-order valence-corrected chi connectivity index (χ2v) is 35.4. The van der Waals surface area contributed by atoms with Crippen molar-refractivity contribution in [3.05, 3.63) is 251 Å². The van der Waals surface area contributed by atoms with Crippen LogP contribution in [0, 0.1) is 5.92 Å². The van der Waals surface area contributed by atoms with E-state index in [1.165, 1.54) is 24.8 Å². The van der Waals surface area contributed by atoms with Crippen molar-refractivity contribution in [1.29, 1.82) is 0 Å². The number of hydrogen-bond donors (Lipinski definition) is 2. The molecule has 34 nitrogen and oxygen atoms in total. The molecule has 3 N–H and O–H groups in total. The van der Waals surface area contributed by atoms with Crippen LogP contribution in [0.4, 0.5) is 45.5 Å². The molecule has 8 aromatic carbocycles. The lowest BCUT2D eigenvalue weighted by Gasteiger charge is -2.34. The van der Waals surface area contributed by atoms with Gasteiger partial charge in [0.2, 0.25) is 0 Å². The minimum atomic E-state index is -3.08. The standard InChI is InChI=1S/C28H34N6O3.C25H25N7O2.C25H30N6O4S.C23H23N5O/c1-32-19-20(17-30-32)28-18-29-26-6-5-21(15-27(26)31-28)34(12-11-33-9-7-23(35-2)8-10-33)22-13-24(36-3)16-25(14-22)37-4;1-30-17-18(15-28-30)25-16-26-23-6-5-19(13-24(23)29-25)32(10-9-31-8-4-7-27-31)20-11-21(33-2)14-22(12-20)34-3;1-34-21-11-20(12-22(14-21)35-2)31(8-4-7-26)19-5-6-23-24(13-19)29-25(16-27-23)18-15-28-30(17-18)9-10-36(3,32)33;29-11-10-27-16-18(13-25-27)23-14-24-21-9-8-20(12-22(21)26-23)28(15-17-6-7-17)19-4-2-1-3-5-19/h5-6,13-19,23H,7-12H2,1-4H3;4-8,11-17H,9-10H2,1-3H3;5-6,11-17H,4,7-10,26H2,1-3H3;1-5,8-9,12-14,16-17,29H,6-7,10-11,15H2. The fraction of sp³-hybridized carbons (Fsp3) is 0.297. The lowest BCUT2D eigenvalue weighted by Crippen LogP contribution is -2.40. The van der Waals surface area contributed by atoms with Gasteiger partial charge in [0.1, 0.15) is 44.3 Å². The van der Waals surface area contributed by atoms with Crippen molar-refractivity contribution in [2.45, 2.75) is 57.8 Å². The molecular weight excluding hydrogens is 1740 g/mol. The summed E-state index contributed by atoms with van der Waals surface area (Å²) in [5, 5.41) is 30.5. The number of aromatic nitrogens is 18. The Labute approximate surface area is 789 Å². The average Bonchev–Trinajstić information content (AvgIpc) is 1.20. The van der Waals surface area contributed by atoms with Gasteiger partial charge >= 0.3 is 0 Å². The number of aliphatic hydroxyl groups excluding tert-OH is 1. The fourth-order valence-corrected chi connectivity index (χ4v) is 16.5. The first-order valence-electron chi connectivity index (χ1n) is 44.9. The van der Waals surface area contributed by atoms with Crippen molar-refractivity contribution in [3.8, 4) is 79.5 Å². The normalized spacial score (nSPS) is 12.7. The Balaban J connectivity index is 0.000000132. The molecule has 19 rings (SSSR count). The first-order valence-corrected chi connectivity index (χ1v) is 47.0. The maximum atomic E-state index is 11.5. The molecule has 2 aliphatic rings. The molecule has 0 unspecified atom stereocenters. The molecular formula is C101H112N24O10S. The molecule has 2 fully saturated rings. The Morgan fingerprint density at radius 3 is 1.14 bits per heavy atom. The highest BCUT2D eigenvalue weighted by molar-refractivity contribution is 7.90. The minimum absolute atomic E-state index is 0.0224. The zero-order valence-corrected chi connectivity index (χ0v) is 78.8. The minimum Gasteiger partial charge on any atom is -0.497 e. The lowest BCUT2D eigenvalue weighted by molar-refractivity contribution is 0.0421. The number of fused-ring (bicyclic) bond motifs is 4. The van der Waals surface area contributed by atoms with Crippen LogP contribution < -0.4 is 53.8 Å². The Kier molecular flexibility index (Phi) is 30.6. The monoisotopic (exact) mass is 1850 g/mol. The number of nitrogens with two attached hydrogens (primary N) is 1. The van der Waals surface area contributed by atoms with E-state index in [2.05, 4.69) is 131 Å². The van der Waals surface area contributed by atoms with Crippen molar-refractivity contribution in [2.75, 3.05) is 140 Å². The van der Waals surface area contributed by atoms with Gasteiger partial charge in [0.25, 0.3) is 0 Å². The van der Waals surface area contributed by atoms with E-state index in [0.717, 1.165) is 204 Å². The maximum Gasteiger partial charge on any atom is 0.149 e. The first-order chi connectivity index (χ1) is 66.3. The van der Waals surface area contributed by atoms with Crippen LogP contribution in [0.25, 0.3) is 89.2 Å². The topological polar surface area (TPSA) is 353 Å². The highest BCUT2D eigenvalue weighted by Gasteiger charge is 2.28. The van der Waals surface area contributed by atoms with Gasteiger partial charge in [-0.25, -0.2) is 28.4 Å². The van der Waals surface area contributed by atoms with Crippen LogP contribution in [0.5, 0.6) is 34.5 Å². The lowest BCUT2D eigenvalue weighted by atomic mass is 10.1. The molecule has 0 atom stereocenters. The van der Waals surface area contributed by atoms with Gasteiger partial charge in [0.05, 0.1) is 197 Å². The Morgan fingerprint density at radius 1 is 0.390 bits per heavy atom. The molecule has 0 radical (unpaired) electrons. The molecule has 17 aromatic rings. The summed E-state index contributed by atoms with van der Waals surface area (Å²) in [6, 6.07) is 54.6. The van der Waals surface area contributed by atoms with Crippen LogP contribution >= 0.6 is 0 Å². The van der Waals surface area contributed by atoms with Crippen LogP contribution in [0.15, 0.2) is 251 Å². The summed E-state index contributed by atoms with van der Waals surface area (Å²) in [4.78, 5) is 49.4. The number of ether oxygens (including phenoxy) is 7. The molecule has 0 spiro atoms. The zero-order chi connectivity index (χ0) is 94.6. The third kappa shape index (κ3) is 24.1. The van der Waals surface area contributed by atoms with E-state index < -0.39 is 9.84 Å². The number of piperidine rings is 1. The number of nitrogens with zero attached hydrogens (tertiary/aromatic N) is 23. The van der Waals surface area contributed by atoms with Crippen LogP contribution in [0.2, 0.25) is 0 Å². The molecule has 35 heteroatoms. The van der Waals surface area contributed by atoms with E-state index in [4.69, 9.17) is 63.9 Å². The maximum absolute atomic E-state index is 11.5. The number of sulfone groups is 1. The third-order valence-electron chi connectivity index (χ3n) is 23.6. The molecule has 10 heterocycles. The van der Waals surface area contributed by atoms with Gasteiger partial charge in [-0.3, -0.25) is 43.3 Å². The van der Waals surface area contributed by atoms with Crippen molar-refractivity contribution in [1.82, 2.24) is 93.7 Å². The largest absolute Gasteiger partial charge is 0.497 e. The average molecular weight is 1850 g/mol. The summed E-state index contributed by atoms with van der Waals surface area (Å²) >= 11 is 0. The number of aryl methyl sites for hydroxylation is 3. The molecule has 702 valence electrons. The van der Waals surface area contributed by atoms with Crippen molar-refractivity contribution >= 4 is 99.5 Å². The molecule has 0 amide bonds. The van der Waals surface area contributed by atoms with Crippen LogP contribution in [0.1, 0.15) is 32.1 Å². The quantitative estimate of drug-likeness (QED) is 0.0372. The summed E-state index contributed by atoms with van der Waals surface area (Å²) in [6.45, 7) is 8.26. The van der Waals surface area contributed by atoms with Gasteiger partial charge in [0.15, 0.2) is 0 Å². The number of rotatable bonds is 35. The predicted octanol–water partition coefficient (Wildman–Crippen LogP) is 15.5. The van der Waals surface area contributed by atoms with Crippen molar-refractivity contribution < 1.29 is 46.7 Å². The number of anilines is 8. The van der Waals surface area contributed by atoms with Gasteiger partial charge in [-0.15, -0.1) is 0 Å². The van der Waals surface area contributed by atoms with Gasteiger partial charge in [-0.1, -0.05) is 18.2 Å². The number of benzene rings is 8. The van der Waals surface area contributed by atoms with Gasteiger partial charge < -0.3 is 68.5 Å². The summed E-state index contributed by atoms with van der Waals surface area (Å²) < 4.78 is 70.4. The van der Waals surface area contributed by atoms with Crippen LogP contribution in [-0.2, 0) is 48.3 Å². The molecule has 9 aromatic heterocycles. The van der Waals surface area contributed by atoms with Gasteiger partial charge in [-0.2, -0.15) is 25.5 Å². The second-order valence-electron chi connectivity index (χ2n) is 33.1. The number of methoxy groups -OCH3 is 7. The molecule has 1 aliphatic heterocycles.